The van der Waals surface area contributed by atoms with Gasteiger partial charge in [-0.15, -0.1) is 0 Å². The summed E-state index contributed by atoms with van der Waals surface area (Å²) in [4.78, 5) is 0. The van der Waals surface area contributed by atoms with E-state index in [4.69, 9.17) is 0 Å². The zero-order valence-corrected chi connectivity index (χ0v) is 8.75. The minimum atomic E-state index is -3.99. The third-order valence-corrected chi connectivity index (χ3v) is 3.10. The van der Waals surface area contributed by atoms with Gasteiger partial charge < -0.3 is 0 Å². The van der Waals surface area contributed by atoms with Crippen LogP contribution in [-0.2, 0) is 0 Å². The number of allylic oxidation sites excluding steroid dienone is 2. The highest BCUT2D eigenvalue weighted by Crippen LogP contribution is 2.34. The predicted octanol–water partition coefficient (Wildman–Crippen LogP) is 4.47. The first kappa shape index (κ1) is 11.6. The molecule has 0 N–H and O–H groups in total. The molecule has 0 aliphatic heterocycles. The Morgan fingerprint density at radius 2 is 1.50 bits per heavy atom. The van der Waals surface area contributed by atoms with E-state index in [1.807, 2.05) is 13.8 Å². The summed E-state index contributed by atoms with van der Waals surface area (Å²) in [5, 5.41) is 0. The van der Waals surface area contributed by atoms with Crippen molar-refractivity contribution < 1.29 is 13.2 Å². The van der Waals surface area contributed by atoms with Crippen LogP contribution in [0.2, 0.25) is 0 Å². The molecule has 1 aliphatic carbocycles. The highest BCUT2D eigenvalue weighted by molar-refractivity contribution is 5.11. The van der Waals surface area contributed by atoms with Crippen LogP contribution in [-0.4, -0.2) is 6.18 Å². The van der Waals surface area contributed by atoms with E-state index >= 15 is 0 Å². The Hall–Kier alpha value is -0.470. The van der Waals surface area contributed by atoms with Crippen LogP contribution in [0.1, 0.15) is 46.0 Å². The van der Waals surface area contributed by atoms with Gasteiger partial charge >= 0.3 is 6.18 Å². The van der Waals surface area contributed by atoms with Crippen molar-refractivity contribution in [2.75, 3.05) is 0 Å². The second kappa shape index (κ2) is 4.37. The number of hydrogen-bond acceptors (Lipinski definition) is 0. The van der Waals surface area contributed by atoms with E-state index in [-0.39, 0.29) is 5.92 Å². The van der Waals surface area contributed by atoms with Gasteiger partial charge in [-0.3, -0.25) is 0 Å². The topological polar surface area (TPSA) is 0 Å². The first-order valence-electron chi connectivity index (χ1n) is 5.10. The average Bonchev–Trinajstić information content (AvgIpc) is 2.17. The molecule has 14 heavy (non-hydrogen) atoms. The second-order valence-electron chi connectivity index (χ2n) is 4.32. The SMILES string of the molecule is CC1=C(C)CCC(CC(F)(F)F)CC1. The second-order valence-corrected chi connectivity index (χ2v) is 4.32. The fourth-order valence-corrected chi connectivity index (χ4v) is 1.94. The lowest BCUT2D eigenvalue weighted by Gasteiger charge is -2.16. The van der Waals surface area contributed by atoms with Crippen LogP contribution in [0.5, 0.6) is 0 Å². The van der Waals surface area contributed by atoms with E-state index in [1.165, 1.54) is 11.1 Å². The molecule has 1 aliphatic rings. The average molecular weight is 206 g/mol. The Morgan fingerprint density at radius 1 is 1.07 bits per heavy atom. The van der Waals surface area contributed by atoms with E-state index in [9.17, 15) is 13.2 Å². The predicted molar refractivity (Wildman–Crippen MR) is 51.0 cm³/mol. The molecule has 3 heteroatoms. The largest absolute Gasteiger partial charge is 0.389 e. The first-order chi connectivity index (χ1) is 6.38. The number of hydrogen-bond donors (Lipinski definition) is 0. The number of rotatable bonds is 1. The molecular weight excluding hydrogens is 189 g/mol. The summed E-state index contributed by atoms with van der Waals surface area (Å²) >= 11 is 0. The van der Waals surface area contributed by atoms with Gasteiger partial charge in [0.25, 0.3) is 0 Å². The van der Waals surface area contributed by atoms with Crippen LogP contribution in [0, 0.1) is 5.92 Å². The van der Waals surface area contributed by atoms with Crippen molar-refractivity contribution in [3.63, 3.8) is 0 Å². The molecule has 0 nitrogen and oxygen atoms in total. The molecule has 0 bridgehead atoms. The van der Waals surface area contributed by atoms with Crippen molar-refractivity contribution >= 4 is 0 Å². The van der Waals surface area contributed by atoms with Crippen molar-refractivity contribution in [2.45, 2.75) is 52.1 Å². The summed E-state index contributed by atoms with van der Waals surface area (Å²) < 4.78 is 36.5. The first-order valence-corrected chi connectivity index (χ1v) is 5.10. The highest BCUT2D eigenvalue weighted by Gasteiger charge is 2.32. The van der Waals surface area contributed by atoms with Gasteiger partial charge in [-0.2, -0.15) is 13.2 Å². The lowest BCUT2D eigenvalue weighted by atomic mass is 9.95. The number of halogens is 3. The van der Waals surface area contributed by atoms with E-state index in [1.54, 1.807) is 0 Å². The van der Waals surface area contributed by atoms with E-state index in [0.29, 0.717) is 12.8 Å². The smallest absolute Gasteiger partial charge is 0.171 e. The van der Waals surface area contributed by atoms with Crippen molar-refractivity contribution in [2.24, 2.45) is 5.92 Å². The highest BCUT2D eigenvalue weighted by atomic mass is 19.4. The number of alkyl halides is 3. The molecule has 1 rings (SSSR count). The van der Waals surface area contributed by atoms with Gasteiger partial charge in [-0.1, -0.05) is 11.1 Å². The van der Waals surface area contributed by atoms with Gasteiger partial charge in [0.05, 0.1) is 0 Å². The molecule has 0 saturated heterocycles. The van der Waals surface area contributed by atoms with Crippen LogP contribution in [0.3, 0.4) is 0 Å². The molecule has 0 atom stereocenters. The van der Waals surface area contributed by atoms with Crippen molar-refractivity contribution in [1.82, 2.24) is 0 Å². The van der Waals surface area contributed by atoms with Gasteiger partial charge in [-0.25, -0.2) is 0 Å². The van der Waals surface area contributed by atoms with Gasteiger partial charge in [0, 0.05) is 6.42 Å². The summed E-state index contributed by atoms with van der Waals surface area (Å²) in [5.74, 6) is -0.164. The van der Waals surface area contributed by atoms with Gasteiger partial charge in [-0.05, 0) is 45.4 Å². The van der Waals surface area contributed by atoms with E-state index in [2.05, 4.69) is 0 Å². The summed E-state index contributed by atoms with van der Waals surface area (Å²) in [6.45, 7) is 4.07. The molecular formula is C11H17F3. The summed E-state index contributed by atoms with van der Waals surface area (Å²) in [5.41, 5.74) is 2.57. The molecule has 0 amide bonds. The van der Waals surface area contributed by atoms with Crippen LogP contribution >= 0.6 is 0 Å². The van der Waals surface area contributed by atoms with Crippen LogP contribution in [0.15, 0.2) is 11.1 Å². The summed E-state index contributed by atoms with van der Waals surface area (Å²) in [7, 11) is 0. The van der Waals surface area contributed by atoms with E-state index in [0.717, 1.165) is 12.8 Å². The standard InChI is InChI=1S/C11H17F3/c1-8-3-5-10(6-4-9(8)2)7-11(12,13)14/h10H,3-7H2,1-2H3. The molecule has 0 fully saturated rings. The lowest BCUT2D eigenvalue weighted by Crippen LogP contribution is -2.14. The normalized spacial score (nSPS) is 21.2. The third-order valence-electron chi connectivity index (χ3n) is 3.10. The Labute approximate surface area is 83.2 Å². The Morgan fingerprint density at radius 3 is 1.86 bits per heavy atom. The molecule has 0 unspecified atom stereocenters. The summed E-state index contributed by atoms with van der Waals surface area (Å²) in [6.07, 6.45) is -1.52. The minimum absolute atomic E-state index is 0.164. The molecule has 82 valence electrons. The van der Waals surface area contributed by atoms with E-state index < -0.39 is 12.6 Å². The molecule has 0 radical (unpaired) electrons. The fraction of sp³-hybridized carbons (Fsp3) is 0.818. The van der Waals surface area contributed by atoms with Crippen molar-refractivity contribution in [3.8, 4) is 0 Å². The molecule has 0 aromatic carbocycles. The minimum Gasteiger partial charge on any atom is -0.171 e. The molecule has 0 spiro atoms. The van der Waals surface area contributed by atoms with Gasteiger partial charge in [0.15, 0.2) is 0 Å². The Bertz CT molecular complexity index is 209. The quantitative estimate of drug-likeness (QED) is 0.555. The van der Waals surface area contributed by atoms with Crippen molar-refractivity contribution in [1.29, 1.82) is 0 Å². The van der Waals surface area contributed by atoms with Crippen LogP contribution < -0.4 is 0 Å². The van der Waals surface area contributed by atoms with Crippen molar-refractivity contribution in [3.05, 3.63) is 11.1 Å². The Kier molecular flexibility index (Phi) is 3.62. The van der Waals surface area contributed by atoms with Crippen LogP contribution in [0.4, 0.5) is 13.2 Å². The zero-order chi connectivity index (χ0) is 10.8. The molecule has 0 heterocycles. The molecule has 0 saturated carbocycles. The maximum atomic E-state index is 12.2. The van der Waals surface area contributed by atoms with Crippen LogP contribution in [0.25, 0.3) is 0 Å². The Balaban J connectivity index is 2.48. The fourth-order valence-electron chi connectivity index (χ4n) is 1.94. The molecule has 0 aromatic rings. The maximum Gasteiger partial charge on any atom is 0.389 e. The monoisotopic (exact) mass is 206 g/mol. The summed E-state index contributed by atoms with van der Waals surface area (Å²) in [6, 6.07) is 0. The lowest BCUT2D eigenvalue weighted by molar-refractivity contribution is -0.145. The van der Waals surface area contributed by atoms with Gasteiger partial charge in [0.2, 0.25) is 0 Å². The molecule has 0 aromatic heterocycles. The van der Waals surface area contributed by atoms with Gasteiger partial charge in [0.1, 0.15) is 0 Å². The third kappa shape index (κ3) is 3.72. The maximum absolute atomic E-state index is 12.2. The zero-order valence-electron chi connectivity index (χ0n) is 8.75.